The second-order valence-corrected chi connectivity index (χ2v) is 7.75. The normalized spacial score (nSPS) is 17.8. The molecule has 0 bridgehead atoms. The van der Waals surface area contributed by atoms with Gasteiger partial charge in [0.2, 0.25) is 5.75 Å². The summed E-state index contributed by atoms with van der Waals surface area (Å²) in [6, 6.07) is 9.75. The molecule has 1 aliphatic heterocycles. The van der Waals surface area contributed by atoms with Crippen LogP contribution >= 0.6 is 0 Å². The molecule has 8 heteroatoms. The third kappa shape index (κ3) is 4.44. The fraction of sp³-hybridized carbons (Fsp3) is 0.417. The molecule has 32 heavy (non-hydrogen) atoms. The fourth-order valence-corrected chi connectivity index (χ4v) is 4.17. The molecule has 2 aliphatic rings. The van der Waals surface area contributed by atoms with Gasteiger partial charge in [-0.2, -0.15) is 0 Å². The Morgan fingerprint density at radius 2 is 1.53 bits per heavy atom. The van der Waals surface area contributed by atoms with E-state index in [1.54, 1.807) is 28.4 Å². The SMILES string of the molecule is COc1ccc(NN2C=CNC2c2cc(OC)c(OC)c(OC)c2)cc1OC1CCCC1. The Bertz CT molecular complexity index is 934. The standard InChI is InChI=1S/C24H31N3O5/c1-28-19-10-9-17(15-20(19)32-18-7-5-6-8-18)26-27-12-11-25-24(27)16-13-21(29-2)23(31-4)22(14-16)30-3/h9-15,18,24-26H,5-8H2,1-4H3. The number of hydrogen-bond donors (Lipinski definition) is 2. The van der Waals surface area contributed by atoms with Gasteiger partial charge in [-0.25, -0.2) is 0 Å². The first kappa shape index (κ1) is 21.8. The number of hydrogen-bond acceptors (Lipinski definition) is 8. The number of benzene rings is 2. The van der Waals surface area contributed by atoms with Crippen LogP contribution in [-0.4, -0.2) is 39.6 Å². The van der Waals surface area contributed by atoms with Crippen LogP contribution in [0.15, 0.2) is 42.7 Å². The van der Waals surface area contributed by atoms with E-state index in [4.69, 9.17) is 23.7 Å². The van der Waals surface area contributed by atoms with E-state index in [2.05, 4.69) is 10.7 Å². The number of rotatable bonds is 9. The molecule has 0 saturated heterocycles. The van der Waals surface area contributed by atoms with Crippen LogP contribution in [-0.2, 0) is 0 Å². The van der Waals surface area contributed by atoms with E-state index < -0.39 is 0 Å². The summed E-state index contributed by atoms with van der Waals surface area (Å²) in [4.78, 5) is 0. The minimum absolute atomic E-state index is 0.176. The smallest absolute Gasteiger partial charge is 0.203 e. The molecule has 8 nitrogen and oxygen atoms in total. The van der Waals surface area contributed by atoms with Crippen LogP contribution < -0.4 is 34.4 Å². The highest BCUT2D eigenvalue weighted by Gasteiger charge is 2.25. The van der Waals surface area contributed by atoms with Crippen molar-refractivity contribution in [2.45, 2.75) is 38.0 Å². The minimum Gasteiger partial charge on any atom is -0.493 e. The summed E-state index contributed by atoms with van der Waals surface area (Å²) in [5.41, 5.74) is 5.29. The maximum absolute atomic E-state index is 6.24. The molecule has 0 radical (unpaired) electrons. The van der Waals surface area contributed by atoms with Crippen LogP contribution in [0.25, 0.3) is 0 Å². The first-order chi connectivity index (χ1) is 15.7. The van der Waals surface area contributed by atoms with E-state index in [9.17, 15) is 0 Å². The Labute approximate surface area is 189 Å². The lowest BCUT2D eigenvalue weighted by atomic mass is 10.1. The molecule has 0 amide bonds. The van der Waals surface area contributed by atoms with Gasteiger partial charge in [0.25, 0.3) is 0 Å². The highest BCUT2D eigenvalue weighted by Crippen LogP contribution is 2.41. The van der Waals surface area contributed by atoms with Crippen molar-refractivity contribution in [2.75, 3.05) is 33.9 Å². The van der Waals surface area contributed by atoms with Crippen molar-refractivity contribution < 1.29 is 23.7 Å². The minimum atomic E-state index is -0.176. The molecule has 0 spiro atoms. The van der Waals surface area contributed by atoms with Gasteiger partial charge in [0.1, 0.15) is 6.17 Å². The van der Waals surface area contributed by atoms with Crippen LogP contribution in [0, 0.1) is 0 Å². The van der Waals surface area contributed by atoms with Gasteiger partial charge < -0.3 is 29.0 Å². The lowest BCUT2D eigenvalue weighted by Crippen LogP contribution is -2.31. The van der Waals surface area contributed by atoms with Crippen molar-refractivity contribution in [1.82, 2.24) is 10.3 Å². The number of nitrogens with one attached hydrogen (secondary N) is 2. The molecule has 1 atom stereocenters. The van der Waals surface area contributed by atoms with Crippen LogP contribution in [0.4, 0.5) is 5.69 Å². The van der Waals surface area contributed by atoms with Crippen LogP contribution in [0.5, 0.6) is 28.7 Å². The van der Waals surface area contributed by atoms with Crippen molar-refractivity contribution in [1.29, 1.82) is 0 Å². The van der Waals surface area contributed by atoms with Gasteiger partial charge in [0, 0.05) is 24.0 Å². The quantitative estimate of drug-likeness (QED) is 0.592. The topological polar surface area (TPSA) is 73.5 Å². The molecule has 4 rings (SSSR count). The molecular weight excluding hydrogens is 410 g/mol. The van der Waals surface area contributed by atoms with Crippen molar-refractivity contribution in [3.8, 4) is 28.7 Å². The summed E-state index contributed by atoms with van der Waals surface area (Å²) < 4.78 is 28.2. The zero-order valence-corrected chi connectivity index (χ0v) is 19.0. The largest absolute Gasteiger partial charge is 0.493 e. The van der Waals surface area contributed by atoms with Gasteiger partial charge in [-0.3, -0.25) is 10.4 Å². The second kappa shape index (κ2) is 9.80. The molecule has 1 unspecified atom stereocenters. The third-order valence-corrected chi connectivity index (χ3v) is 5.79. The Morgan fingerprint density at radius 1 is 0.844 bits per heavy atom. The first-order valence-corrected chi connectivity index (χ1v) is 10.8. The Kier molecular flexibility index (Phi) is 6.68. The van der Waals surface area contributed by atoms with Crippen molar-refractivity contribution in [2.24, 2.45) is 0 Å². The zero-order valence-electron chi connectivity index (χ0n) is 19.0. The number of ether oxygens (including phenoxy) is 5. The van der Waals surface area contributed by atoms with Crippen LogP contribution in [0.3, 0.4) is 0 Å². The summed E-state index contributed by atoms with van der Waals surface area (Å²) in [6.07, 6.45) is 8.50. The van der Waals surface area contributed by atoms with Gasteiger partial charge >= 0.3 is 0 Å². The van der Waals surface area contributed by atoms with E-state index in [1.165, 1.54) is 12.8 Å². The van der Waals surface area contributed by atoms with Crippen LogP contribution in [0.1, 0.15) is 37.4 Å². The molecule has 1 saturated carbocycles. The highest BCUT2D eigenvalue weighted by atomic mass is 16.5. The fourth-order valence-electron chi connectivity index (χ4n) is 4.17. The maximum atomic E-state index is 6.24. The molecule has 2 N–H and O–H groups in total. The predicted octanol–water partition coefficient (Wildman–Crippen LogP) is 4.44. The molecule has 2 aromatic carbocycles. The molecule has 0 aromatic heterocycles. The van der Waals surface area contributed by atoms with Gasteiger partial charge in [0.05, 0.1) is 40.2 Å². The van der Waals surface area contributed by atoms with Crippen molar-refractivity contribution in [3.05, 3.63) is 48.3 Å². The van der Waals surface area contributed by atoms with Gasteiger partial charge in [-0.1, -0.05) is 0 Å². The van der Waals surface area contributed by atoms with E-state index in [0.29, 0.717) is 17.2 Å². The van der Waals surface area contributed by atoms with Crippen LogP contribution in [0.2, 0.25) is 0 Å². The highest BCUT2D eigenvalue weighted by molar-refractivity contribution is 5.56. The van der Waals surface area contributed by atoms with Gasteiger partial charge in [-0.05, 0) is 49.9 Å². The molecule has 172 valence electrons. The summed E-state index contributed by atoms with van der Waals surface area (Å²) in [6.45, 7) is 0. The number of anilines is 1. The summed E-state index contributed by atoms with van der Waals surface area (Å²) in [7, 11) is 6.48. The average Bonchev–Trinajstić information content (AvgIpc) is 3.50. The molecule has 1 fully saturated rings. The van der Waals surface area contributed by atoms with E-state index >= 15 is 0 Å². The molecule has 1 aliphatic carbocycles. The summed E-state index contributed by atoms with van der Waals surface area (Å²) >= 11 is 0. The van der Waals surface area contributed by atoms with E-state index in [1.807, 2.05) is 47.7 Å². The molecule has 1 heterocycles. The lowest BCUT2D eigenvalue weighted by Gasteiger charge is -2.28. The average molecular weight is 442 g/mol. The molecular formula is C24H31N3O5. The van der Waals surface area contributed by atoms with Gasteiger partial charge in [-0.15, -0.1) is 0 Å². The lowest BCUT2D eigenvalue weighted by molar-refractivity contribution is 0.201. The Balaban J connectivity index is 1.56. The number of methoxy groups -OCH3 is 4. The summed E-state index contributed by atoms with van der Waals surface area (Å²) in [5, 5.41) is 5.33. The Hall–Kier alpha value is -3.42. The number of nitrogens with zero attached hydrogens (tertiary/aromatic N) is 1. The monoisotopic (exact) mass is 441 g/mol. The van der Waals surface area contributed by atoms with Crippen molar-refractivity contribution >= 4 is 5.69 Å². The van der Waals surface area contributed by atoms with Gasteiger partial charge in [0.15, 0.2) is 23.0 Å². The molecule has 2 aromatic rings. The first-order valence-electron chi connectivity index (χ1n) is 10.8. The van der Waals surface area contributed by atoms with Crippen molar-refractivity contribution in [3.63, 3.8) is 0 Å². The maximum Gasteiger partial charge on any atom is 0.203 e. The second-order valence-electron chi connectivity index (χ2n) is 7.75. The van der Waals surface area contributed by atoms with E-state index in [-0.39, 0.29) is 12.3 Å². The Morgan fingerprint density at radius 3 is 2.16 bits per heavy atom. The summed E-state index contributed by atoms with van der Waals surface area (Å²) in [5.74, 6) is 3.26. The third-order valence-electron chi connectivity index (χ3n) is 5.79. The van der Waals surface area contributed by atoms with E-state index in [0.717, 1.165) is 35.6 Å². The zero-order chi connectivity index (χ0) is 22.5. The number of hydrazine groups is 1. The predicted molar refractivity (Wildman–Crippen MR) is 122 cm³/mol.